The molecule has 0 saturated carbocycles. The van der Waals surface area contributed by atoms with Crippen LogP contribution in [-0.4, -0.2) is 59.7 Å². The highest BCUT2D eigenvalue weighted by molar-refractivity contribution is 5.86. The molecule has 0 spiro atoms. The Hall–Kier alpha value is -1.66. The number of hydrogen-bond acceptors (Lipinski definition) is 4. The minimum Gasteiger partial charge on any atom is -0.497 e. The molecule has 1 aromatic rings. The number of halogens is 1. The molecule has 0 radical (unpaired) electrons. The zero-order valence-corrected chi connectivity index (χ0v) is 16.3. The zero-order chi connectivity index (χ0) is 19.3. The van der Waals surface area contributed by atoms with Crippen molar-refractivity contribution in [1.82, 2.24) is 9.80 Å². The van der Waals surface area contributed by atoms with E-state index in [4.69, 9.17) is 4.74 Å². The maximum atomic E-state index is 14.2. The number of carbonyl (C=O) groups is 1. The number of methoxy groups -OCH3 is 1. The Morgan fingerprint density at radius 1 is 1.11 bits per heavy atom. The van der Waals surface area contributed by atoms with E-state index in [1.165, 1.54) is 32.4 Å². The number of nitrogens with zero attached hydrogens (tertiary/aromatic N) is 2. The molecule has 6 heteroatoms. The van der Waals surface area contributed by atoms with Crippen LogP contribution in [0.25, 0.3) is 0 Å². The minimum absolute atomic E-state index is 0.157. The van der Waals surface area contributed by atoms with Gasteiger partial charge in [-0.25, -0.2) is 4.39 Å². The molecule has 150 valence electrons. The first kappa shape index (κ1) is 20.1. The predicted octanol–water partition coefficient (Wildman–Crippen LogP) is 2.95. The molecular weight excluding hydrogens is 347 g/mol. The van der Waals surface area contributed by atoms with Gasteiger partial charge in [0.15, 0.2) is 5.60 Å². The van der Waals surface area contributed by atoms with Crippen molar-refractivity contribution in [1.29, 1.82) is 0 Å². The number of benzene rings is 1. The van der Waals surface area contributed by atoms with Crippen LogP contribution < -0.4 is 4.74 Å². The van der Waals surface area contributed by atoms with Gasteiger partial charge in [-0.15, -0.1) is 0 Å². The van der Waals surface area contributed by atoms with Crippen molar-refractivity contribution in [3.8, 4) is 5.75 Å². The predicted molar refractivity (Wildman–Crippen MR) is 102 cm³/mol. The van der Waals surface area contributed by atoms with Crippen molar-refractivity contribution >= 4 is 5.91 Å². The lowest BCUT2D eigenvalue weighted by Crippen LogP contribution is -2.58. The van der Waals surface area contributed by atoms with Gasteiger partial charge in [0.2, 0.25) is 0 Å². The minimum atomic E-state index is -1.37. The second-order valence-corrected chi connectivity index (χ2v) is 7.86. The summed E-state index contributed by atoms with van der Waals surface area (Å²) in [5, 5.41) is 11.1. The average molecular weight is 378 g/mol. The van der Waals surface area contributed by atoms with Gasteiger partial charge in [0, 0.05) is 25.2 Å². The zero-order valence-electron chi connectivity index (χ0n) is 16.3. The van der Waals surface area contributed by atoms with E-state index < -0.39 is 5.60 Å². The van der Waals surface area contributed by atoms with Crippen LogP contribution in [0.4, 0.5) is 4.39 Å². The Kier molecular flexibility index (Phi) is 6.71. The first-order chi connectivity index (χ1) is 13.0. The van der Waals surface area contributed by atoms with Gasteiger partial charge in [0.05, 0.1) is 7.11 Å². The number of likely N-dealkylation sites (tertiary alicyclic amines) is 2. The first-order valence-electron chi connectivity index (χ1n) is 10.1. The van der Waals surface area contributed by atoms with Crippen LogP contribution in [0.5, 0.6) is 5.75 Å². The number of amides is 1. The van der Waals surface area contributed by atoms with E-state index in [0.717, 1.165) is 32.4 Å². The van der Waals surface area contributed by atoms with Crippen LogP contribution in [0, 0.1) is 5.82 Å². The average Bonchev–Trinajstić information content (AvgIpc) is 2.63. The molecule has 1 N–H and O–H groups in total. The molecule has 2 aliphatic heterocycles. The van der Waals surface area contributed by atoms with Crippen LogP contribution >= 0.6 is 0 Å². The molecule has 1 amide bonds. The van der Waals surface area contributed by atoms with Crippen molar-refractivity contribution in [2.45, 2.75) is 57.1 Å². The Morgan fingerprint density at radius 2 is 1.81 bits per heavy atom. The largest absolute Gasteiger partial charge is 0.497 e. The molecule has 1 atom stereocenters. The summed E-state index contributed by atoms with van der Waals surface area (Å²) >= 11 is 0. The summed E-state index contributed by atoms with van der Waals surface area (Å²) in [7, 11) is 1.53. The summed E-state index contributed by atoms with van der Waals surface area (Å²) in [6.45, 7) is 2.94. The van der Waals surface area contributed by atoms with Crippen molar-refractivity contribution in [3.05, 3.63) is 29.6 Å². The fraction of sp³-hybridized carbons (Fsp3) is 0.667. The van der Waals surface area contributed by atoms with Gasteiger partial charge in [0.25, 0.3) is 5.91 Å². The summed E-state index contributed by atoms with van der Waals surface area (Å²) in [5.41, 5.74) is -0.953. The summed E-state index contributed by atoms with van der Waals surface area (Å²) in [6.07, 6.45) is 7.12. The smallest absolute Gasteiger partial charge is 0.256 e. The van der Waals surface area contributed by atoms with Gasteiger partial charge in [-0.2, -0.15) is 0 Å². The summed E-state index contributed by atoms with van der Waals surface area (Å²) in [6, 6.07) is 4.54. The lowest BCUT2D eigenvalue weighted by atomic mass is 9.90. The maximum absolute atomic E-state index is 14.2. The third-order valence-electron chi connectivity index (χ3n) is 5.75. The lowest BCUT2D eigenvalue weighted by Gasteiger charge is -2.41. The molecule has 2 saturated heterocycles. The van der Waals surface area contributed by atoms with E-state index in [0.29, 0.717) is 30.8 Å². The second-order valence-electron chi connectivity index (χ2n) is 7.86. The highest BCUT2D eigenvalue weighted by Gasteiger charge is 2.43. The number of ether oxygens (including phenoxy) is 1. The molecule has 3 rings (SSSR count). The molecule has 0 bridgehead atoms. The highest BCUT2D eigenvalue weighted by Crippen LogP contribution is 2.27. The van der Waals surface area contributed by atoms with Crippen molar-refractivity contribution < 1.29 is 19.0 Å². The van der Waals surface area contributed by atoms with Crippen LogP contribution in [0.3, 0.4) is 0 Å². The van der Waals surface area contributed by atoms with Gasteiger partial charge >= 0.3 is 0 Å². The molecule has 0 aliphatic carbocycles. The molecule has 1 unspecified atom stereocenters. The van der Waals surface area contributed by atoms with Crippen LogP contribution in [0.2, 0.25) is 0 Å². The third kappa shape index (κ3) is 4.99. The Morgan fingerprint density at radius 3 is 2.52 bits per heavy atom. The molecular formula is C21H31FN2O3. The first-order valence-corrected chi connectivity index (χ1v) is 10.1. The van der Waals surface area contributed by atoms with E-state index >= 15 is 0 Å². The Labute approximate surface area is 161 Å². The number of rotatable bonds is 5. The number of aliphatic hydroxyl groups is 1. The molecule has 2 fully saturated rings. The van der Waals surface area contributed by atoms with Crippen LogP contribution in [0.1, 0.15) is 50.5 Å². The van der Waals surface area contributed by atoms with E-state index in [1.807, 2.05) is 0 Å². The Balaban J connectivity index is 1.69. The normalized spacial score (nSPS) is 25.1. The number of β-amino-alcohol motifs (C(OH)–C–C–N with tert-alkyl or cyclic N) is 1. The fourth-order valence-corrected chi connectivity index (χ4v) is 4.21. The van der Waals surface area contributed by atoms with E-state index in [2.05, 4.69) is 4.90 Å². The van der Waals surface area contributed by atoms with Crippen molar-refractivity contribution in [2.75, 3.05) is 33.3 Å². The standard InChI is InChI=1S/C21H31FN2O3/c1-27-18-8-9-19(22)17(14-18)15-24-13-7-10-21(26,20(24)25)16-23-11-5-3-2-4-6-12-23/h8-9,14,26H,2-7,10-13,15-16H2,1H3. The van der Waals surface area contributed by atoms with Crippen LogP contribution in [-0.2, 0) is 11.3 Å². The van der Waals surface area contributed by atoms with Gasteiger partial charge in [-0.05, 0) is 57.0 Å². The quantitative estimate of drug-likeness (QED) is 0.856. The van der Waals surface area contributed by atoms with E-state index in [-0.39, 0.29) is 18.3 Å². The van der Waals surface area contributed by atoms with E-state index in [1.54, 1.807) is 17.0 Å². The summed E-state index contributed by atoms with van der Waals surface area (Å²) in [5.74, 6) is -0.0775. The molecule has 27 heavy (non-hydrogen) atoms. The fourth-order valence-electron chi connectivity index (χ4n) is 4.21. The van der Waals surface area contributed by atoms with Gasteiger partial charge in [-0.3, -0.25) is 9.69 Å². The third-order valence-corrected chi connectivity index (χ3v) is 5.75. The molecule has 0 aromatic heterocycles. The molecule has 2 aliphatic rings. The van der Waals surface area contributed by atoms with E-state index in [9.17, 15) is 14.3 Å². The van der Waals surface area contributed by atoms with Crippen molar-refractivity contribution in [2.24, 2.45) is 0 Å². The van der Waals surface area contributed by atoms with Gasteiger partial charge in [0.1, 0.15) is 11.6 Å². The Bertz CT molecular complexity index is 646. The SMILES string of the molecule is COc1ccc(F)c(CN2CCCC(O)(CN3CCCCCCC3)C2=O)c1. The van der Waals surface area contributed by atoms with Gasteiger partial charge < -0.3 is 14.7 Å². The number of hydrogen-bond donors (Lipinski definition) is 1. The summed E-state index contributed by atoms with van der Waals surface area (Å²) < 4.78 is 19.3. The maximum Gasteiger partial charge on any atom is 0.256 e. The van der Waals surface area contributed by atoms with Gasteiger partial charge in [-0.1, -0.05) is 19.3 Å². The number of piperidine rings is 1. The highest BCUT2D eigenvalue weighted by atomic mass is 19.1. The topological polar surface area (TPSA) is 53.0 Å². The van der Waals surface area contributed by atoms with Crippen molar-refractivity contribution in [3.63, 3.8) is 0 Å². The second kappa shape index (κ2) is 9.02. The molecule has 5 nitrogen and oxygen atoms in total. The monoisotopic (exact) mass is 378 g/mol. The summed E-state index contributed by atoms with van der Waals surface area (Å²) in [4.78, 5) is 16.9. The number of carbonyl (C=O) groups excluding carboxylic acids is 1. The van der Waals surface area contributed by atoms with Crippen LogP contribution in [0.15, 0.2) is 18.2 Å². The molecule has 1 aromatic carbocycles. The molecule has 2 heterocycles. The lowest BCUT2D eigenvalue weighted by molar-refractivity contribution is -0.160.